The molecule has 1 rings (SSSR count). The Balaban J connectivity index is 2.91. The zero-order valence-corrected chi connectivity index (χ0v) is 11.8. The summed E-state index contributed by atoms with van der Waals surface area (Å²) in [7, 11) is 0. The molecular weight excluding hydrogens is 234 g/mol. The highest BCUT2D eigenvalue weighted by Gasteiger charge is 2.45. The van der Waals surface area contributed by atoms with Gasteiger partial charge in [0.25, 0.3) is 0 Å². The number of aliphatic hydroxyl groups is 1. The normalized spacial score (nSPS) is 23.8. The van der Waals surface area contributed by atoms with Crippen LogP contribution < -0.4 is 0 Å². The Hall–Kier alpha value is -1.10. The molecule has 0 aromatic heterocycles. The number of rotatable bonds is 3. The van der Waals surface area contributed by atoms with E-state index in [1.54, 1.807) is 13.8 Å². The van der Waals surface area contributed by atoms with Crippen molar-refractivity contribution in [2.24, 2.45) is 11.3 Å². The van der Waals surface area contributed by atoms with Gasteiger partial charge in [-0.15, -0.1) is 0 Å². The van der Waals surface area contributed by atoms with Crippen LogP contribution in [0.5, 0.6) is 0 Å². The monoisotopic (exact) mass is 257 g/mol. The van der Waals surface area contributed by atoms with Crippen LogP contribution in [0, 0.1) is 11.3 Å². The van der Waals surface area contributed by atoms with Gasteiger partial charge in [0, 0.05) is 0 Å². The second-order valence-corrected chi connectivity index (χ2v) is 5.93. The predicted molar refractivity (Wildman–Crippen MR) is 66.9 cm³/mol. The Morgan fingerprint density at radius 3 is 2.56 bits per heavy atom. The number of cyclic esters (lactones) is 1. The van der Waals surface area contributed by atoms with E-state index in [0.29, 0.717) is 6.42 Å². The van der Waals surface area contributed by atoms with Crippen LogP contribution in [0.1, 0.15) is 41.0 Å². The lowest BCUT2D eigenvalue weighted by molar-refractivity contribution is -0.137. The highest BCUT2D eigenvalue weighted by molar-refractivity contribution is 5.95. The van der Waals surface area contributed by atoms with E-state index in [4.69, 9.17) is 4.74 Å². The van der Waals surface area contributed by atoms with Crippen LogP contribution in [-0.4, -0.2) is 40.8 Å². The van der Waals surface area contributed by atoms with E-state index in [2.05, 4.69) is 0 Å². The first-order chi connectivity index (χ1) is 8.20. The lowest BCUT2D eigenvalue weighted by atomic mass is 9.86. The summed E-state index contributed by atoms with van der Waals surface area (Å²) >= 11 is 0. The quantitative estimate of drug-likeness (QED) is 0.837. The summed E-state index contributed by atoms with van der Waals surface area (Å²) in [5.74, 6) is -0.947. The number of hydrogen-bond donors (Lipinski definition) is 1. The third-order valence-corrected chi connectivity index (χ3v) is 3.50. The first-order valence-electron chi connectivity index (χ1n) is 6.38. The average molecular weight is 257 g/mol. The van der Waals surface area contributed by atoms with Crippen molar-refractivity contribution in [2.75, 3.05) is 6.61 Å². The van der Waals surface area contributed by atoms with E-state index in [-0.39, 0.29) is 24.0 Å². The number of ether oxygens (including phenoxy) is 1. The summed E-state index contributed by atoms with van der Waals surface area (Å²) in [4.78, 5) is 25.1. The minimum absolute atomic E-state index is 0.225. The predicted octanol–water partition coefficient (Wildman–Crippen LogP) is 1.79. The van der Waals surface area contributed by atoms with Crippen LogP contribution in [0.4, 0.5) is 4.79 Å². The Labute approximate surface area is 108 Å². The van der Waals surface area contributed by atoms with E-state index in [1.165, 1.54) is 4.90 Å². The lowest BCUT2D eigenvalue weighted by Crippen LogP contribution is -2.49. The van der Waals surface area contributed by atoms with Crippen molar-refractivity contribution in [3.63, 3.8) is 0 Å². The van der Waals surface area contributed by atoms with Gasteiger partial charge in [-0.1, -0.05) is 34.6 Å². The number of nitrogens with zero attached hydrogens (tertiary/aromatic N) is 1. The summed E-state index contributed by atoms with van der Waals surface area (Å²) in [5.41, 5.74) is -0.237. The van der Waals surface area contributed by atoms with E-state index in [1.807, 2.05) is 20.8 Å². The van der Waals surface area contributed by atoms with Gasteiger partial charge in [0.15, 0.2) is 0 Å². The average Bonchev–Trinajstić information content (AvgIpc) is 2.67. The van der Waals surface area contributed by atoms with Gasteiger partial charge in [0.05, 0.1) is 18.1 Å². The van der Waals surface area contributed by atoms with Gasteiger partial charge in [-0.3, -0.25) is 4.79 Å². The zero-order valence-electron chi connectivity index (χ0n) is 11.8. The molecule has 3 atom stereocenters. The van der Waals surface area contributed by atoms with Gasteiger partial charge in [-0.05, 0) is 11.8 Å². The van der Waals surface area contributed by atoms with Crippen molar-refractivity contribution < 1.29 is 19.4 Å². The van der Waals surface area contributed by atoms with Gasteiger partial charge < -0.3 is 9.84 Å². The second-order valence-electron chi connectivity index (χ2n) is 5.93. The standard InChI is InChI=1S/C13H23NO4/c1-6-9(15)8(2)11(16)14-10(13(3,4)5)7-18-12(14)17/h8-10,15H,6-7H2,1-5H3/t8-,9+,10-/m1/s1. The summed E-state index contributed by atoms with van der Waals surface area (Å²) < 4.78 is 4.97. The van der Waals surface area contributed by atoms with Crippen LogP contribution in [0.3, 0.4) is 0 Å². The molecule has 1 heterocycles. The van der Waals surface area contributed by atoms with Crippen LogP contribution in [-0.2, 0) is 9.53 Å². The molecule has 0 aliphatic carbocycles. The highest BCUT2D eigenvalue weighted by atomic mass is 16.6. The minimum Gasteiger partial charge on any atom is -0.447 e. The molecule has 1 N–H and O–H groups in total. The maximum atomic E-state index is 12.3. The maximum absolute atomic E-state index is 12.3. The van der Waals surface area contributed by atoms with Crippen molar-refractivity contribution in [3.05, 3.63) is 0 Å². The number of carbonyl (C=O) groups is 2. The Morgan fingerprint density at radius 2 is 2.11 bits per heavy atom. The molecule has 0 aromatic carbocycles. The molecule has 0 radical (unpaired) electrons. The van der Waals surface area contributed by atoms with Crippen molar-refractivity contribution in [2.45, 2.75) is 53.2 Å². The topological polar surface area (TPSA) is 66.8 Å². The van der Waals surface area contributed by atoms with Crippen molar-refractivity contribution in [3.8, 4) is 0 Å². The van der Waals surface area contributed by atoms with Crippen LogP contribution in [0.15, 0.2) is 0 Å². The van der Waals surface area contributed by atoms with Crippen molar-refractivity contribution in [1.29, 1.82) is 0 Å². The number of carbonyl (C=O) groups excluding carboxylic acids is 2. The molecule has 0 bridgehead atoms. The molecule has 18 heavy (non-hydrogen) atoms. The maximum Gasteiger partial charge on any atom is 0.417 e. The fraction of sp³-hybridized carbons (Fsp3) is 0.846. The van der Waals surface area contributed by atoms with E-state index in [9.17, 15) is 14.7 Å². The van der Waals surface area contributed by atoms with Crippen LogP contribution in [0.2, 0.25) is 0 Å². The molecule has 0 spiro atoms. The van der Waals surface area contributed by atoms with Gasteiger partial charge in [0.2, 0.25) is 5.91 Å². The molecule has 1 saturated heterocycles. The second kappa shape index (κ2) is 5.26. The lowest BCUT2D eigenvalue weighted by Gasteiger charge is -2.32. The van der Waals surface area contributed by atoms with Gasteiger partial charge in [-0.2, -0.15) is 0 Å². The number of amides is 2. The Morgan fingerprint density at radius 1 is 1.56 bits per heavy atom. The highest BCUT2D eigenvalue weighted by Crippen LogP contribution is 2.31. The molecule has 0 saturated carbocycles. The first-order valence-corrected chi connectivity index (χ1v) is 6.38. The molecule has 0 unspecified atom stereocenters. The summed E-state index contributed by atoms with van der Waals surface area (Å²) in [6.07, 6.45) is -0.850. The minimum atomic E-state index is -0.730. The molecule has 1 fully saturated rings. The van der Waals surface area contributed by atoms with Gasteiger partial charge in [-0.25, -0.2) is 9.69 Å². The SMILES string of the molecule is CC[C@H](O)[C@@H](C)C(=O)N1C(=O)OC[C@@H]1C(C)(C)C. The Bertz CT molecular complexity index is 334. The van der Waals surface area contributed by atoms with Crippen molar-refractivity contribution >= 4 is 12.0 Å². The number of aliphatic hydroxyl groups excluding tert-OH is 1. The smallest absolute Gasteiger partial charge is 0.417 e. The molecule has 104 valence electrons. The zero-order chi connectivity index (χ0) is 14.1. The van der Waals surface area contributed by atoms with E-state index < -0.39 is 18.1 Å². The van der Waals surface area contributed by atoms with E-state index in [0.717, 1.165) is 0 Å². The molecule has 5 heteroatoms. The summed E-state index contributed by atoms with van der Waals surface area (Å²) in [6, 6.07) is -0.274. The van der Waals surface area contributed by atoms with E-state index >= 15 is 0 Å². The summed E-state index contributed by atoms with van der Waals surface area (Å²) in [6.45, 7) is 9.55. The largest absolute Gasteiger partial charge is 0.447 e. The first kappa shape index (κ1) is 15.0. The van der Waals surface area contributed by atoms with Crippen LogP contribution >= 0.6 is 0 Å². The fourth-order valence-corrected chi connectivity index (χ4v) is 2.04. The summed E-state index contributed by atoms with van der Waals surface area (Å²) in [5, 5.41) is 9.73. The molecule has 1 aliphatic heterocycles. The van der Waals surface area contributed by atoms with Crippen molar-refractivity contribution in [1.82, 2.24) is 4.90 Å². The number of imide groups is 1. The van der Waals surface area contributed by atoms with Crippen LogP contribution in [0.25, 0.3) is 0 Å². The molecule has 1 aliphatic rings. The number of hydrogen-bond acceptors (Lipinski definition) is 4. The molecule has 2 amide bonds. The third kappa shape index (κ3) is 2.83. The molecule has 5 nitrogen and oxygen atoms in total. The fourth-order valence-electron chi connectivity index (χ4n) is 2.04. The van der Waals surface area contributed by atoms with Gasteiger partial charge in [0.1, 0.15) is 6.61 Å². The van der Waals surface area contributed by atoms with Gasteiger partial charge >= 0.3 is 6.09 Å². The third-order valence-electron chi connectivity index (χ3n) is 3.50. The Kier molecular flexibility index (Phi) is 4.37. The molecule has 0 aromatic rings. The molecular formula is C13H23NO4.